The maximum Gasteiger partial charge on any atom is 0.0897 e. The van der Waals surface area contributed by atoms with Crippen molar-refractivity contribution < 1.29 is 4.74 Å². The molecule has 0 aliphatic rings. The van der Waals surface area contributed by atoms with E-state index in [1.807, 2.05) is 6.92 Å². The zero-order valence-electron chi connectivity index (χ0n) is 11.2. The third-order valence-corrected chi connectivity index (χ3v) is 3.51. The number of likely N-dealkylation sites (N-methyl/N-ethyl adjacent to an activating group) is 2. The summed E-state index contributed by atoms with van der Waals surface area (Å²) in [5.74, 6) is 0. The molecule has 1 heterocycles. The predicted molar refractivity (Wildman–Crippen MR) is 72.5 cm³/mol. The van der Waals surface area contributed by atoms with Gasteiger partial charge in [-0.1, -0.05) is 6.92 Å². The molecule has 5 heteroatoms. The van der Waals surface area contributed by atoms with Crippen LogP contribution in [-0.4, -0.2) is 49.8 Å². The molecule has 0 spiro atoms. The number of aryl methyl sites for hydroxylation is 1. The van der Waals surface area contributed by atoms with E-state index in [2.05, 4.69) is 34.6 Å². The third kappa shape index (κ3) is 5.12. The SMILES string of the molecule is CCNCC(COC)N(C)Cc1csc(C)n1. The van der Waals surface area contributed by atoms with E-state index in [0.29, 0.717) is 6.04 Å². The van der Waals surface area contributed by atoms with Crippen LogP contribution in [0.2, 0.25) is 0 Å². The van der Waals surface area contributed by atoms with Gasteiger partial charge < -0.3 is 10.1 Å². The van der Waals surface area contributed by atoms with Crippen molar-refractivity contribution in [3.63, 3.8) is 0 Å². The van der Waals surface area contributed by atoms with Crippen molar-refractivity contribution in [1.29, 1.82) is 0 Å². The maximum absolute atomic E-state index is 5.27. The first kappa shape index (κ1) is 14.6. The van der Waals surface area contributed by atoms with Crippen LogP contribution in [0.3, 0.4) is 0 Å². The highest BCUT2D eigenvalue weighted by Crippen LogP contribution is 2.11. The number of rotatable bonds is 8. The molecule has 1 N–H and O–H groups in total. The number of aromatic nitrogens is 1. The first-order valence-corrected chi connectivity index (χ1v) is 6.86. The van der Waals surface area contributed by atoms with Gasteiger partial charge in [-0.05, 0) is 20.5 Å². The van der Waals surface area contributed by atoms with Gasteiger partial charge in [0.25, 0.3) is 0 Å². The van der Waals surface area contributed by atoms with E-state index >= 15 is 0 Å². The topological polar surface area (TPSA) is 37.4 Å². The van der Waals surface area contributed by atoms with Gasteiger partial charge in [-0.3, -0.25) is 4.90 Å². The summed E-state index contributed by atoms with van der Waals surface area (Å²) in [6, 6.07) is 0.391. The molecular weight excluding hydrogens is 234 g/mol. The lowest BCUT2D eigenvalue weighted by Gasteiger charge is -2.27. The summed E-state index contributed by atoms with van der Waals surface area (Å²) in [5.41, 5.74) is 1.15. The van der Waals surface area contributed by atoms with Crippen LogP contribution >= 0.6 is 11.3 Å². The van der Waals surface area contributed by atoms with E-state index in [0.717, 1.165) is 36.9 Å². The monoisotopic (exact) mass is 257 g/mol. The van der Waals surface area contributed by atoms with E-state index in [9.17, 15) is 0 Å². The summed E-state index contributed by atoms with van der Waals surface area (Å²) in [7, 11) is 3.87. The highest BCUT2D eigenvalue weighted by molar-refractivity contribution is 7.09. The third-order valence-electron chi connectivity index (χ3n) is 2.69. The first-order chi connectivity index (χ1) is 8.17. The molecule has 1 rings (SSSR count). The van der Waals surface area contributed by atoms with Crippen molar-refractivity contribution >= 4 is 11.3 Å². The van der Waals surface area contributed by atoms with Gasteiger partial charge in [0, 0.05) is 31.6 Å². The Balaban J connectivity index is 2.48. The Morgan fingerprint density at radius 1 is 1.59 bits per heavy atom. The molecule has 0 saturated carbocycles. The Kier molecular flexibility index (Phi) is 6.65. The van der Waals surface area contributed by atoms with Crippen LogP contribution in [0.4, 0.5) is 0 Å². The quantitative estimate of drug-likeness (QED) is 0.766. The molecule has 1 aromatic rings. The Morgan fingerprint density at radius 3 is 2.88 bits per heavy atom. The molecule has 0 fully saturated rings. The van der Waals surface area contributed by atoms with Crippen molar-refractivity contribution in [1.82, 2.24) is 15.2 Å². The van der Waals surface area contributed by atoms with Gasteiger partial charge in [0.15, 0.2) is 0 Å². The van der Waals surface area contributed by atoms with Crippen LogP contribution in [0.25, 0.3) is 0 Å². The molecule has 98 valence electrons. The minimum Gasteiger partial charge on any atom is -0.383 e. The highest BCUT2D eigenvalue weighted by Gasteiger charge is 2.15. The zero-order chi connectivity index (χ0) is 12.7. The second kappa shape index (κ2) is 7.76. The minimum atomic E-state index is 0.391. The summed E-state index contributed by atoms with van der Waals surface area (Å²) in [4.78, 5) is 6.78. The van der Waals surface area contributed by atoms with Crippen LogP contribution in [0.5, 0.6) is 0 Å². The normalized spacial score (nSPS) is 13.2. The average molecular weight is 257 g/mol. The molecule has 4 nitrogen and oxygen atoms in total. The number of nitrogens with zero attached hydrogens (tertiary/aromatic N) is 2. The molecule has 0 bridgehead atoms. The van der Waals surface area contributed by atoms with Gasteiger partial charge in [-0.15, -0.1) is 11.3 Å². The molecule has 1 aromatic heterocycles. The fraction of sp³-hybridized carbons (Fsp3) is 0.750. The van der Waals surface area contributed by atoms with Crippen molar-refractivity contribution in [2.24, 2.45) is 0 Å². The zero-order valence-corrected chi connectivity index (χ0v) is 12.0. The van der Waals surface area contributed by atoms with Crippen molar-refractivity contribution in [3.05, 3.63) is 16.1 Å². The number of nitrogens with one attached hydrogen (secondary N) is 1. The Hall–Kier alpha value is -0.490. The van der Waals surface area contributed by atoms with E-state index in [1.165, 1.54) is 0 Å². The van der Waals surface area contributed by atoms with Gasteiger partial charge >= 0.3 is 0 Å². The van der Waals surface area contributed by atoms with Crippen LogP contribution in [0.1, 0.15) is 17.6 Å². The molecule has 0 amide bonds. The summed E-state index contributed by atoms with van der Waals surface area (Å²) in [5, 5.41) is 6.62. The van der Waals surface area contributed by atoms with Crippen molar-refractivity contribution in [2.45, 2.75) is 26.4 Å². The molecule has 1 unspecified atom stereocenters. The molecule has 0 aliphatic carbocycles. The summed E-state index contributed by atoms with van der Waals surface area (Å²) < 4.78 is 5.27. The van der Waals surface area contributed by atoms with Crippen molar-refractivity contribution in [3.8, 4) is 0 Å². The van der Waals surface area contributed by atoms with E-state index < -0.39 is 0 Å². The van der Waals surface area contributed by atoms with Gasteiger partial charge in [-0.25, -0.2) is 4.98 Å². The number of thiazole rings is 1. The van der Waals surface area contributed by atoms with E-state index in [-0.39, 0.29) is 0 Å². The average Bonchev–Trinajstić information content (AvgIpc) is 2.70. The minimum absolute atomic E-state index is 0.391. The Bertz CT molecular complexity index is 316. The van der Waals surface area contributed by atoms with E-state index in [1.54, 1.807) is 18.4 Å². The number of hydrogen-bond donors (Lipinski definition) is 1. The van der Waals surface area contributed by atoms with Crippen molar-refractivity contribution in [2.75, 3.05) is 33.9 Å². The van der Waals surface area contributed by atoms with Gasteiger partial charge in [0.2, 0.25) is 0 Å². The highest BCUT2D eigenvalue weighted by atomic mass is 32.1. The molecule has 0 saturated heterocycles. The van der Waals surface area contributed by atoms with Crippen LogP contribution < -0.4 is 5.32 Å². The Morgan fingerprint density at radius 2 is 2.35 bits per heavy atom. The van der Waals surface area contributed by atoms with Gasteiger partial charge in [0.05, 0.1) is 17.3 Å². The number of ether oxygens (including phenoxy) is 1. The van der Waals surface area contributed by atoms with Crippen LogP contribution in [0, 0.1) is 6.92 Å². The molecule has 17 heavy (non-hydrogen) atoms. The number of methoxy groups -OCH3 is 1. The summed E-state index contributed by atoms with van der Waals surface area (Å²) >= 11 is 1.70. The van der Waals surface area contributed by atoms with E-state index in [4.69, 9.17) is 4.74 Å². The molecule has 0 aromatic carbocycles. The summed E-state index contributed by atoms with van der Waals surface area (Å²) in [6.07, 6.45) is 0. The van der Waals surface area contributed by atoms with Crippen LogP contribution in [-0.2, 0) is 11.3 Å². The summed E-state index contributed by atoms with van der Waals surface area (Å²) in [6.45, 7) is 7.72. The molecule has 0 aliphatic heterocycles. The fourth-order valence-electron chi connectivity index (χ4n) is 1.71. The molecular formula is C12H23N3OS. The molecule has 0 radical (unpaired) electrons. The maximum atomic E-state index is 5.27. The smallest absolute Gasteiger partial charge is 0.0897 e. The first-order valence-electron chi connectivity index (χ1n) is 5.98. The largest absolute Gasteiger partial charge is 0.383 e. The van der Waals surface area contributed by atoms with Crippen LogP contribution in [0.15, 0.2) is 5.38 Å². The van der Waals surface area contributed by atoms with Gasteiger partial charge in [0.1, 0.15) is 0 Å². The standard InChI is InChI=1S/C12H23N3OS/c1-5-13-6-12(8-16-4)15(3)7-11-9-17-10(2)14-11/h9,12-13H,5-8H2,1-4H3. The fourth-order valence-corrected chi connectivity index (χ4v) is 2.31. The molecule has 1 atom stereocenters. The van der Waals surface area contributed by atoms with Gasteiger partial charge in [-0.2, -0.15) is 0 Å². The Labute approximate surface area is 108 Å². The lowest BCUT2D eigenvalue weighted by molar-refractivity contribution is 0.101. The lowest BCUT2D eigenvalue weighted by atomic mass is 10.2. The predicted octanol–water partition coefficient (Wildman–Crippen LogP) is 1.51. The lowest BCUT2D eigenvalue weighted by Crippen LogP contribution is -2.42. The number of hydrogen-bond acceptors (Lipinski definition) is 5. The second-order valence-corrected chi connectivity index (χ2v) is 5.25. The second-order valence-electron chi connectivity index (χ2n) is 4.19.